The van der Waals surface area contributed by atoms with Crippen molar-refractivity contribution in [1.82, 2.24) is 0 Å². The van der Waals surface area contributed by atoms with E-state index in [2.05, 4.69) is 32.2 Å². The average molecular weight is 264 g/mol. The maximum Gasteiger partial charge on any atom is 0.120 e. The molecule has 0 aliphatic carbocycles. The minimum atomic E-state index is -1.71. The first kappa shape index (κ1) is 15.0. The Morgan fingerprint density at radius 1 is 1.28 bits per heavy atom. The zero-order valence-corrected chi connectivity index (χ0v) is 12.9. The van der Waals surface area contributed by atoms with Crippen LogP contribution in [-0.4, -0.2) is 21.5 Å². The highest BCUT2D eigenvalue weighted by atomic mass is 28.3. The van der Waals surface area contributed by atoms with E-state index in [1.165, 1.54) is 11.5 Å². The molecule has 1 atom stereocenters. The molecule has 1 rings (SSSR count). The fourth-order valence-corrected chi connectivity index (χ4v) is 4.98. The number of benzene rings is 1. The number of rotatable bonds is 7. The van der Waals surface area contributed by atoms with Crippen LogP contribution < -0.4 is 9.92 Å². The summed E-state index contributed by atoms with van der Waals surface area (Å²) in [7, 11) is -0.0317. The van der Waals surface area contributed by atoms with Gasteiger partial charge in [0.2, 0.25) is 0 Å². The Bertz CT molecular complexity index is 371. The largest absolute Gasteiger partial charge is 0.497 e. The van der Waals surface area contributed by atoms with Crippen molar-refractivity contribution < 1.29 is 9.53 Å². The SMILES string of the molecule is CCCC[C@@H](C=O)[Si](C)(C)c1ccc(OC)cc1. The van der Waals surface area contributed by atoms with E-state index in [1.807, 2.05) is 12.1 Å². The minimum Gasteiger partial charge on any atom is -0.497 e. The van der Waals surface area contributed by atoms with Crippen LogP contribution in [0.5, 0.6) is 5.75 Å². The topological polar surface area (TPSA) is 26.3 Å². The summed E-state index contributed by atoms with van der Waals surface area (Å²) in [6.45, 7) is 6.73. The van der Waals surface area contributed by atoms with Gasteiger partial charge < -0.3 is 9.53 Å². The van der Waals surface area contributed by atoms with Crippen LogP contribution in [-0.2, 0) is 4.79 Å². The second-order valence-electron chi connectivity index (χ2n) is 5.33. The van der Waals surface area contributed by atoms with Gasteiger partial charge in [0.15, 0.2) is 0 Å². The van der Waals surface area contributed by atoms with Crippen molar-refractivity contribution >= 4 is 19.5 Å². The van der Waals surface area contributed by atoms with Gasteiger partial charge in [-0.2, -0.15) is 0 Å². The quantitative estimate of drug-likeness (QED) is 0.557. The van der Waals surface area contributed by atoms with Gasteiger partial charge in [0.05, 0.1) is 15.2 Å². The third kappa shape index (κ3) is 3.45. The summed E-state index contributed by atoms with van der Waals surface area (Å²) in [6, 6.07) is 8.22. The fraction of sp³-hybridized carbons (Fsp3) is 0.533. The van der Waals surface area contributed by atoms with Gasteiger partial charge in [-0.15, -0.1) is 0 Å². The predicted molar refractivity (Wildman–Crippen MR) is 79.4 cm³/mol. The third-order valence-corrected chi connectivity index (χ3v) is 7.89. The van der Waals surface area contributed by atoms with E-state index in [4.69, 9.17) is 4.74 Å². The molecule has 0 bridgehead atoms. The van der Waals surface area contributed by atoms with Crippen LogP contribution in [0.3, 0.4) is 0 Å². The Morgan fingerprint density at radius 2 is 1.89 bits per heavy atom. The summed E-state index contributed by atoms with van der Waals surface area (Å²) < 4.78 is 5.18. The lowest BCUT2D eigenvalue weighted by Crippen LogP contribution is -2.46. The van der Waals surface area contributed by atoms with Gasteiger partial charge in [-0.25, -0.2) is 0 Å². The molecule has 2 nitrogen and oxygen atoms in total. The van der Waals surface area contributed by atoms with E-state index >= 15 is 0 Å². The lowest BCUT2D eigenvalue weighted by Gasteiger charge is -2.29. The highest BCUT2D eigenvalue weighted by molar-refractivity contribution is 6.92. The summed E-state index contributed by atoms with van der Waals surface area (Å²) in [5, 5.41) is 1.33. The van der Waals surface area contributed by atoms with Gasteiger partial charge in [0.25, 0.3) is 0 Å². The first-order valence-corrected chi connectivity index (χ1v) is 9.73. The van der Waals surface area contributed by atoms with Crippen LogP contribution in [0.2, 0.25) is 18.6 Å². The molecule has 0 heterocycles. The number of unbranched alkanes of at least 4 members (excludes halogenated alkanes) is 1. The van der Waals surface area contributed by atoms with E-state index in [9.17, 15) is 4.79 Å². The van der Waals surface area contributed by atoms with Crippen molar-refractivity contribution in [2.75, 3.05) is 7.11 Å². The average Bonchev–Trinajstić information content (AvgIpc) is 2.39. The molecular weight excluding hydrogens is 240 g/mol. The molecule has 1 aromatic carbocycles. The molecule has 0 saturated carbocycles. The molecule has 18 heavy (non-hydrogen) atoms. The van der Waals surface area contributed by atoms with Gasteiger partial charge in [-0.1, -0.05) is 50.2 Å². The van der Waals surface area contributed by atoms with Crippen LogP contribution in [0.1, 0.15) is 26.2 Å². The second kappa shape index (κ2) is 6.74. The number of carbonyl (C=O) groups excluding carboxylic acids is 1. The summed E-state index contributed by atoms with van der Waals surface area (Å²) in [5.41, 5.74) is 0.214. The van der Waals surface area contributed by atoms with E-state index < -0.39 is 8.07 Å². The van der Waals surface area contributed by atoms with E-state index in [-0.39, 0.29) is 5.54 Å². The van der Waals surface area contributed by atoms with Crippen molar-refractivity contribution in [2.45, 2.75) is 44.8 Å². The van der Waals surface area contributed by atoms with Gasteiger partial charge in [-0.05, 0) is 18.6 Å². The van der Waals surface area contributed by atoms with Crippen LogP contribution >= 0.6 is 0 Å². The van der Waals surface area contributed by atoms with Gasteiger partial charge in [0.1, 0.15) is 12.0 Å². The fourth-order valence-electron chi connectivity index (χ4n) is 2.26. The van der Waals surface area contributed by atoms with E-state index in [0.29, 0.717) is 0 Å². The Morgan fingerprint density at radius 3 is 2.33 bits per heavy atom. The third-order valence-electron chi connectivity index (χ3n) is 3.79. The van der Waals surface area contributed by atoms with Crippen LogP contribution in [0.25, 0.3) is 0 Å². The first-order valence-electron chi connectivity index (χ1n) is 6.66. The van der Waals surface area contributed by atoms with Crippen molar-refractivity contribution in [3.05, 3.63) is 24.3 Å². The van der Waals surface area contributed by atoms with E-state index in [0.717, 1.165) is 25.0 Å². The molecule has 0 unspecified atom stereocenters. The van der Waals surface area contributed by atoms with Crippen LogP contribution in [0.15, 0.2) is 24.3 Å². The van der Waals surface area contributed by atoms with Gasteiger partial charge in [0, 0.05) is 5.54 Å². The number of ether oxygens (including phenoxy) is 1. The maximum absolute atomic E-state index is 11.4. The Balaban J connectivity index is 2.90. The monoisotopic (exact) mass is 264 g/mol. The number of aldehydes is 1. The van der Waals surface area contributed by atoms with Crippen molar-refractivity contribution in [3.8, 4) is 5.75 Å². The Labute approximate surface area is 111 Å². The molecule has 0 radical (unpaired) electrons. The second-order valence-corrected chi connectivity index (χ2v) is 10.1. The van der Waals surface area contributed by atoms with Gasteiger partial charge in [-0.3, -0.25) is 0 Å². The smallest absolute Gasteiger partial charge is 0.120 e. The first-order chi connectivity index (χ1) is 8.56. The molecule has 0 aromatic heterocycles. The minimum absolute atomic E-state index is 0.214. The highest BCUT2D eigenvalue weighted by Gasteiger charge is 2.32. The highest BCUT2D eigenvalue weighted by Crippen LogP contribution is 2.26. The molecule has 1 aromatic rings. The van der Waals surface area contributed by atoms with Crippen molar-refractivity contribution in [1.29, 1.82) is 0 Å². The molecule has 0 aliphatic rings. The van der Waals surface area contributed by atoms with Crippen molar-refractivity contribution in [2.24, 2.45) is 0 Å². The van der Waals surface area contributed by atoms with E-state index in [1.54, 1.807) is 7.11 Å². The Hall–Kier alpha value is -1.09. The summed E-state index contributed by atoms with van der Waals surface area (Å²) >= 11 is 0. The predicted octanol–water partition coefficient (Wildman–Crippen LogP) is 3.37. The van der Waals surface area contributed by atoms with Crippen LogP contribution in [0.4, 0.5) is 0 Å². The summed E-state index contributed by atoms with van der Waals surface area (Å²) in [4.78, 5) is 11.4. The lowest BCUT2D eigenvalue weighted by molar-refractivity contribution is -0.108. The number of methoxy groups -OCH3 is 1. The standard InChI is InChI=1S/C15H24O2Si/c1-5-6-7-15(12-16)18(3,4)14-10-8-13(17-2)9-11-14/h8-12,15H,5-7H2,1-4H3/t15-/m0/s1. The molecule has 0 N–H and O–H groups in total. The zero-order chi connectivity index (χ0) is 13.6. The molecule has 0 saturated heterocycles. The molecule has 0 spiro atoms. The van der Waals surface area contributed by atoms with Gasteiger partial charge >= 0.3 is 0 Å². The normalized spacial score (nSPS) is 13.1. The number of carbonyl (C=O) groups is 1. The molecule has 0 amide bonds. The lowest BCUT2D eigenvalue weighted by atomic mass is 10.2. The van der Waals surface area contributed by atoms with Crippen LogP contribution in [0, 0.1) is 0 Å². The Kier molecular flexibility index (Phi) is 5.60. The van der Waals surface area contributed by atoms with Crippen molar-refractivity contribution in [3.63, 3.8) is 0 Å². The summed E-state index contributed by atoms with van der Waals surface area (Å²) in [6.07, 6.45) is 4.48. The molecule has 0 aliphatic heterocycles. The number of hydrogen-bond acceptors (Lipinski definition) is 2. The zero-order valence-electron chi connectivity index (χ0n) is 11.9. The molecule has 100 valence electrons. The molecular formula is C15H24O2Si. The number of hydrogen-bond donors (Lipinski definition) is 0. The summed E-state index contributed by atoms with van der Waals surface area (Å²) in [5.74, 6) is 0.875. The molecule has 0 fully saturated rings. The maximum atomic E-state index is 11.4. The molecule has 3 heteroatoms.